The number of halogens is 1. The minimum absolute atomic E-state index is 0.0184. The zero-order valence-corrected chi connectivity index (χ0v) is 25.8. The molecular formula is C32H28ClN3O5S2. The Hall–Kier alpha value is -3.86. The Kier molecular flexibility index (Phi) is 8.43. The molecule has 0 spiro atoms. The van der Waals surface area contributed by atoms with Crippen molar-refractivity contribution in [3.63, 3.8) is 0 Å². The summed E-state index contributed by atoms with van der Waals surface area (Å²) in [5, 5.41) is 21.1. The molecule has 3 aromatic carbocycles. The Morgan fingerprint density at radius 3 is 2.74 bits per heavy atom. The monoisotopic (exact) mass is 633 g/mol. The summed E-state index contributed by atoms with van der Waals surface area (Å²) >= 11 is 8.69. The highest BCUT2D eigenvalue weighted by molar-refractivity contribution is 8.00. The molecule has 0 aliphatic carbocycles. The predicted octanol–water partition coefficient (Wildman–Crippen LogP) is 7.22. The number of aromatic nitrogens is 2. The molecule has 2 atom stereocenters. The first-order valence-electron chi connectivity index (χ1n) is 13.9. The third kappa shape index (κ3) is 6.00. The van der Waals surface area contributed by atoms with Crippen molar-refractivity contribution in [3.05, 3.63) is 99.6 Å². The van der Waals surface area contributed by atoms with E-state index in [0.717, 1.165) is 23.3 Å². The average Bonchev–Trinajstić information content (AvgIpc) is 3.70. The number of amides is 1. The van der Waals surface area contributed by atoms with E-state index < -0.39 is 17.7 Å². The summed E-state index contributed by atoms with van der Waals surface area (Å²) in [6.45, 7) is 4.51. The molecule has 8 nitrogen and oxygen atoms in total. The standard InChI is InChI=1S/C32H28ClN3O5S2/c1-3-13-40-24-6-4-5-20(16-24)27-26(28(37)21-9-12-25-22(15-21)14-18(2)41-25)29(38)30(39)36(27)31-34-35-32(43-31)42-17-19-7-10-23(33)11-8-19/h4-12,15-16,18,27,37H,3,13-14,17H2,1-2H3/b28-26+/t18-,27-/m0/s1. The van der Waals surface area contributed by atoms with E-state index in [1.165, 1.54) is 28.0 Å². The van der Waals surface area contributed by atoms with Gasteiger partial charge in [0.05, 0.1) is 18.2 Å². The molecule has 1 aromatic heterocycles. The summed E-state index contributed by atoms with van der Waals surface area (Å²) in [6, 6.07) is 19.1. The molecular weight excluding hydrogens is 606 g/mol. The van der Waals surface area contributed by atoms with Gasteiger partial charge in [-0.15, -0.1) is 10.2 Å². The number of hydrogen-bond donors (Lipinski definition) is 1. The molecule has 0 bridgehead atoms. The van der Waals surface area contributed by atoms with Gasteiger partial charge in [0.2, 0.25) is 5.13 Å². The van der Waals surface area contributed by atoms with Gasteiger partial charge in [-0.2, -0.15) is 0 Å². The van der Waals surface area contributed by atoms with Crippen molar-refractivity contribution in [1.29, 1.82) is 0 Å². The predicted molar refractivity (Wildman–Crippen MR) is 168 cm³/mol. The number of carbonyl (C=O) groups is 2. The Balaban J connectivity index is 1.39. The number of benzene rings is 3. The molecule has 0 radical (unpaired) electrons. The summed E-state index contributed by atoms with van der Waals surface area (Å²) in [4.78, 5) is 28.6. The highest BCUT2D eigenvalue weighted by Gasteiger charge is 2.48. The van der Waals surface area contributed by atoms with Crippen LogP contribution in [0.15, 0.2) is 76.6 Å². The maximum Gasteiger partial charge on any atom is 0.301 e. The number of nitrogens with zero attached hydrogens (tertiary/aromatic N) is 3. The summed E-state index contributed by atoms with van der Waals surface area (Å²) in [6.07, 6.45) is 1.53. The van der Waals surface area contributed by atoms with Crippen LogP contribution in [-0.4, -0.2) is 39.7 Å². The van der Waals surface area contributed by atoms with Crippen LogP contribution in [0.3, 0.4) is 0 Å². The molecule has 4 aromatic rings. The van der Waals surface area contributed by atoms with Gasteiger partial charge in [0.1, 0.15) is 23.4 Å². The van der Waals surface area contributed by atoms with Crippen molar-refractivity contribution < 1.29 is 24.2 Å². The van der Waals surface area contributed by atoms with Crippen molar-refractivity contribution in [2.45, 2.75) is 48.9 Å². The Labute approximate surface area is 262 Å². The maximum absolute atomic E-state index is 13.7. The van der Waals surface area contributed by atoms with Gasteiger partial charge in [0, 0.05) is 22.8 Å². The Morgan fingerprint density at radius 2 is 1.95 bits per heavy atom. The van der Waals surface area contributed by atoms with Crippen LogP contribution >= 0.6 is 34.7 Å². The van der Waals surface area contributed by atoms with Crippen LogP contribution in [0.25, 0.3) is 5.76 Å². The minimum atomic E-state index is -0.935. The van der Waals surface area contributed by atoms with Gasteiger partial charge in [-0.3, -0.25) is 14.5 Å². The number of aliphatic hydroxyl groups is 1. The second kappa shape index (κ2) is 12.4. The summed E-state index contributed by atoms with van der Waals surface area (Å²) in [5.41, 5.74) is 3.02. The molecule has 2 aliphatic rings. The molecule has 1 fully saturated rings. The molecule has 1 amide bonds. The van der Waals surface area contributed by atoms with Crippen LogP contribution in [-0.2, 0) is 21.8 Å². The first-order chi connectivity index (χ1) is 20.8. The second-order valence-corrected chi connectivity index (χ2v) is 12.9. The lowest BCUT2D eigenvalue weighted by Gasteiger charge is -2.23. The smallest absolute Gasteiger partial charge is 0.301 e. The minimum Gasteiger partial charge on any atom is -0.507 e. The number of Topliss-reactive ketones (excluding diaryl/α,β-unsaturated/α-hetero) is 1. The Morgan fingerprint density at radius 1 is 1.14 bits per heavy atom. The molecule has 1 N–H and O–H groups in total. The van der Waals surface area contributed by atoms with Gasteiger partial charge in [0.25, 0.3) is 5.78 Å². The van der Waals surface area contributed by atoms with Crippen molar-refractivity contribution in [2.24, 2.45) is 0 Å². The van der Waals surface area contributed by atoms with E-state index in [4.69, 9.17) is 21.1 Å². The lowest BCUT2D eigenvalue weighted by molar-refractivity contribution is -0.132. The molecule has 1 saturated heterocycles. The fourth-order valence-electron chi connectivity index (χ4n) is 5.15. The quantitative estimate of drug-likeness (QED) is 0.0678. The fraction of sp³-hybridized carbons (Fsp3) is 0.250. The van der Waals surface area contributed by atoms with E-state index in [9.17, 15) is 14.7 Å². The van der Waals surface area contributed by atoms with Crippen LogP contribution in [0.2, 0.25) is 5.02 Å². The molecule has 6 rings (SSSR count). The van der Waals surface area contributed by atoms with Gasteiger partial charge < -0.3 is 14.6 Å². The number of anilines is 1. The van der Waals surface area contributed by atoms with Crippen LogP contribution in [0.5, 0.6) is 11.5 Å². The molecule has 220 valence electrons. The third-order valence-corrected chi connectivity index (χ3v) is 9.52. The van der Waals surface area contributed by atoms with Gasteiger partial charge in [-0.05, 0) is 72.5 Å². The van der Waals surface area contributed by atoms with Gasteiger partial charge >= 0.3 is 5.91 Å². The number of aliphatic hydroxyl groups excluding tert-OH is 1. The highest BCUT2D eigenvalue weighted by Crippen LogP contribution is 2.45. The summed E-state index contributed by atoms with van der Waals surface area (Å²) in [5.74, 6) is 0.151. The molecule has 3 heterocycles. The Bertz CT molecular complexity index is 1720. The number of thioether (sulfide) groups is 1. The van der Waals surface area contributed by atoms with Crippen molar-refractivity contribution >= 4 is 57.3 Å². The fourth-order valence-corrected chi connectivity index (χ4v) is 7.10. The lowest BCUT2D eigenvalue weighted by atomic mass is 9.94. The van der Waals surface area contributed by atoms with E-state index in [2.05, 4.69) is 10.2 Å². The van der Waals surface area contributed by atoms with Crippen molar-refractivity contribution in [1.82, 2.24) is 10.2 Å². The van der Waals surface area contributed by atoms with Crippen LogP contribution in [0.1, 0.15) is 48.6 Å². The number of hydrogen-bond acceptors (Lipinski definition) is 9. The van der Waals surface area contributed by atoms with Crippen molar-refractivity contribution in [2.75, 3.05) is 11.5 Å². The molecule has 2 aliphatic heterocycles. The van der Waals surface area contributed by atoms with Gasteiger partial charge in [0.15, 0.2) is 4.34 Å². The second-order valence-electron chi connectivity index (χ2n) is 10.3. The number of ketones is 1. The summed E-state index contributed by atoms with van der Waals surface area (Å²) in [7, 11) is 0. The number of carbonyl (C=O) groups excluding carboxylic acids is 2. The molecule has 43 heavy (non-hydrogen) atoms. The number of fused-ring (bicyclic) bond motifs is 1. The number of ether oxygens (including phenoxy) is 2. The first kappa shape index (κ1) is 29.2. The normalized spacial score (nSPS) is 19.0. The van der Waals surface area contributed by atoms with E-state index in [1.54, 1.807) is 18.2 Å². The average molecular weight is 634 g/mol. The van der Waals surface area contributed by atoms with Gasteiger partial charge in [-0.1, -0.05) is 65.9 Å². The van der Waals surface area contributed by atoms with Crippen LogP contribution < -0.4 is 14.4 Å². The zero-order valence-electron chi connectivity index (χ0n) is 23.5. The van der Waals surface area contributed by atoms with Crippen LogP contribution in [0, 0.1) is 0 Å². The molecule has 11 heteroatoms. The van der Waals surface area contributed by atoms with Crippen LogP contribution in [0.4, 0.5) is 5.13 Å². The summed E-state index contributed by atoms with van der Waals surface area (Å²) < 4.78 is 12.3. The first-order valence-corrected chi connectivity index (χ1v) is 16.0. The topological polar surface area (TPSA) is 102 Å². The zero-order chi connectivity index (χ0) is 30.1. The molecule has 0 unspecified atom stereocenters. The third-order valence-electron chi connectivity index (χ3n) is 7.14. The van der Waals surface area contributed by atoms with Crippen molar-refractivity contribution in [3.8, 4) is 11.5 Å². The highest BCUT2D eigenvalue weighted by atomic mass is 35.5. The molecule has 0 saturated carbocycles. The van der Waals surface area contributed by atoms with E-state index in [1.807, 2.05) is 62.4 Å². The number of rotatable bonds is 9. The van der Waals surface area contributed by atoms with E-state index in [0.29, 0.717) is 45.0 Å². The SMILES string of the molecule is CCCOc1cccc([C@H]2/C(=C(\O)c3ccc4c(c3)C[C@H](C)O4)C(=O)C(=O)N2c2nnc(SCc3ccc(Cl)cc3)s2)c1. The largest absolute Gasteiger partial charge is 0.507 e. The lowest BCUT2D eigenvalue weighted by Crippen LogP contribution is -2.29. The van der Waals surface area contributed by atoms with E-state index in [-0.39, 0.29) is 22.6 Å². The maximum atomic E-state index is 13.7. The van der Waals surface area contributed by atoms with E-state index >= 15 is 0 Å². The van der Waals surface area contributed by atoms with Gasteiger partial charge in [-0.25, -0.2) is 0 Å².